The van der Waals surface area contributed by atoms with E-state index in [0.29, 0.717) is 41.4 Å². The summed E-state index contributed by atoms with van der Waals surface area (Å²) in [6, 6.07) is 9.95. The molecule has 0 radical (unpaired) electrons. The lowest BCUT2D eigenvalue weighted by Crippen LogP contribution is -2.27. The fourth-order valence-electron chi connectivity index (χ4n) is 2.72. The van der Waals surface area contributed by atoms with Crippen LogP contribution in [0, 0.1) is 5.82 Å². The van der Waals surface area contributed by atoms with Gasteiger partial charge in [-0.15, -0.1) is 0 Å². The maximum Gasteiger partial charge on any atom is 0.413 e. The van der Waals surface area contributed by atoms with Crippen LogP contribution in [-0.4, -0.2) is 42.0 Å². The molecular weight excluding hydrogens is 389 g/mol. The number of benzene rings is 1. The molecule has 0 aliphatic carbocycles. The Morgan fingerprint density at radius 3 is 2.67 bits per heavy atom. The van der Waals surface area contributed by atoms with Crippen LogP contribution < -0.4 is 10.1 Å². The smallest absolute Gasteiger partial charge is 0.413 e. The first-order chi connectivity index (χ1) is 14.2. The van der Waals surface area contributed by atoms with Crippen molar-refractivity contribution in [3.8, 4) is 17.0 Å². The van der Waals surface area contributed by atoms with E-state index in [-0.39, 0.29) is 5.52 Å². The first kappa shape index (κ1) is 21.4. The minimum atomic E-state index is -0.620. The number of pyridine rings is 2. The van der Waals surface area contributed by atoms with E-state index in [1.54, 1.807) is 58.2 Å². The van der Waals surface area contributed by atoms with Crippen molar-refractivity contribution in [3.05, 3.63) is 48.4 Å². The minimum Gasteiger partial charge on any atom is -0.491 e. The number of hydrogen-bond acceptors (Lipinski definition) is 6. The molecular formula is C22H24FN3O4. The summed E-state index contributed by atoms with van der Waals surface area (Å²) < 4.78 is 30.3. The molecule has 1 amide bonds. The fourth-order valence-corrected chi connectivity index (χ4v) is 2.72. The van der Waals surface area contributed by atoms with Gasteiger partial charge in [0.2, 0.25) is 0 Å². The van der Waals surface area contributed by atoms with Gasteiger partial charge in [0.25, 0.3) is 0 Å². The van der Waals surface area contributed by atoms with Crippen LogP contribution in [0.3, 0.4) is 0 Å². The van der Waals surface area contributed by atoms with Gasteiger partial charge in [0, 0.05) is 30.3 Å². The van der Waals surface area contributed by atoms with E-state index in [0.717, 1.165) is 0 Å². The second kappa shape index (κ2) is 9.04. The highest BCUT2D eigenvalue weighted by atomic mass is 19.1. The number of ether oxygens (including phenoxy) is 3. The second-order valence-corrected chi connectivity index (χ2v) is 7.57. The Labute approximate surface area is 174 Å². The lowest BCUT2D eigenvalue weighted by molar-refractivity contribution is 0.0635. The SMILES string of the molecule is COCCOc1cc(F)c2nc(-c3ccnc(NC(=O)OC(C)(C)C)c3)ccc2c1. The molecule has 1 N–H and O–H groups in total. The summed E-state index contributed by atoms with van der Waals surface area (Å²) in [5.41, 5.74) is 0.831. The molecule has 2 aromatic heterocycles. The van der Waals surface area contributed by atoms with Gasteiger partial charge in [-0.3, -0.25) is 5.32 Å². The normalized spacial score (nSPS) is 11.4. The Bertz CT molecular complexity index is 1050. The molecule has 0 unspecified atom stereocenters. The van der Waals surface area contributed by atoms with Crippen molar-refractivity contribution < 1.29 is 23.4 Å². The predicted octanol–water partition coefficient (Wildman–Crippen LogP) is 4.81. The first-order valence-electron chi connectivity index (χ1n) is 9.43. The third-order valence-electron chi connectivity index (χ3n) is 3.96. The third-order valence-corrected chi connectivity index (χ3v) is 3.96. The van der Waals surface area contributed by atoms with Crippen LogP contribution >= 0.6 is 0 Å². The molecule has 0 saturated heterocycles. The Morgan fingerprint density at radius 1 is 1.13 bits per heavy atom. The van der Waals surface area contributed by atoms with Gasteiger partial charge < -0.3 is 14.2 Å². The number of hydrogen-bond donors (Lipinski definition) is 1. The molecule has 0 aliphatic heterocycles. The predicted molar refractivity (Wildman–Crippen MR) is 112 cm³/mol. The van der Waals surface area contributed by atoms with E-state index < -0.39 is 17.5 Å². The molecule has 1 aromatic carbocycles. The Balaban J connectivity index is 1.83. The molecule has 0 saturated carbocycles. The molecule has 0 aliphatic rings. The zero-order valence-corrected chi connectivity index (χ0v) is 17.4. The summed E-state index contributed by atoms with van der Waals surface area (Å²) in [6.07, 6.45) is 0.933. The van der Waals surface area contributed by atoms with E-state index in [1.165, 1.54) is 12.3 Å². The van der Waals surface area contributed by atoms with Crippen molar-refractivity contribution in [1.82, 2.24) is 9.97 Å². The summed E-state index contributed by atoms with van der Waals surface area (Å²) in [6.45, 7) is 6.07. The average Bonchev–Trinajstić information content (AvgIpc) is 2.67. The number of nitrogens with one attached hydrogen (secondary N) is 1. The zero-order valence-electron chi connectivity index (χ0n) is 17.4. The van der Waals surface area contributed by atoms with Gasteiger partial charge in [-0.2, -0.15) is 0 Å². The van der Waals surface area contributed by atoms with Gasteiger partial charge in [0.15, 0.2) is 5.82 Å². The van der Waals surface area contributed by atoms with Crippen LogP contribution in [0.2, 0.25) is 0 Å². The van der Waals surface area contributed by atoms with Crippen molar-refractivity contribution in [2.24, 2.45) is 0 Å². The maximum absolute atomic E-state index is 14.6. The largest absolute Gasteiger partial charge is 0.491 e. The number of methoxy groups -OCH3 is 1. The molecule has 2 heterocycles. The fraction of sp³-hybridized carbons (Fsp3) is 0.318. The number of amides is 1. The minimum absolute atomic E-state index is 0.227. The second-order valence-electron chi connectivity index (χ2n) is 7.57. The molecule has 0 bridgehead atoms. The monoisotopic (exact) mass is 413 g/mol. The average molecular weight is 413 g/mol. The van der Waals surface area contributed by atoms with Gasteiger partial charge in [-0.25, -0.2) is 19.2 Å². The molecule has 3 aromatic rings. The molecule has 0 fully saturated rings. The number of anilines is 1. The van der Waals surface area contributed by atoms with Gasteiger partial charge >= 0.3 is 6.09 Å². The Kier molecular flexibility index (Phi) is 6.47. The molecule has 8 heteroatoms. The number of carbonyl (C=O) groups excluding carboxylic acids is 1. The molecule has 0 spiro atoms. The molecule has 0 atom stereocenters. The van der Waals surface area contributed by atoms with E-state index in [1.807, 2.05) is 0 Å². The number of halogens is 1. The van der Waals surface area contributed by atoms with Crippen LogP contribution in [0.15, 0.2) is 42.6 Å². The third kappa shape index (κ3) is 5.64. The van der Waals surface area contributed by atoms with E-state index in [2.05, 4.69) is 15.3 Å². The van der Waals surface area contributed by atoms with Crippen molar-refractivity contribution in [2.75, 3.05) is 25.6 Å². The van der Waals surface area contributed by atoms with Gasteiger partial charge in [0.1, 0.15) is 29.3 Å². The molecule has 7 nitrogen and oxygen atoms in total. The van der Waals surface area contributed by atoms with Crippen LogP contribution in [0.25, 0.3) is 22.2 Å². The summed E-state index contributed by atoms with van der Waals surface area (Å²) in [7, 11) is 1.57. The molecule has 158 valence electrons. The lowest BCUT2D eigenvalue weighted by atomic mass is 10.1. The maximum atomic E-state index is 14.6. The van der Waals surface area contributed by atoms with Gasteiger partial charge in [-0.05, 0) is 45.0 Å². The van der Waals surface area contributed by atoms with Crippen LogP contribution in [0.5, 0.6) is 5.75 Å². The van der Waals surface area contributed by atoms with Crippen molar-refractivity contribution in [3.63, 3.8) is 0 Å². The number of nitrogens with zero attached hydrogens (tertiary/aromatic N) is 2. The van der Waals surface area contributed by atoms with E-state index >= 15 is 0 Å². The van der Waals surface area contributed by atoms with Crippen molar-refractivity contribution in [2.45, 2.75) is 26.4 Å². The summed E-state index contributed by atoms with van der Waals surface area (Å²) in [5, 5.41) is 3.21. The highest BCUT2D eigenvalue weighted by Gasteiger charge is 2.17. The highest BCUT2D eigenvalue weighted by molar-refractivity contribution is 5.86. The van der Waals surface area contributed by atoms with Crippen molar-refractivity contribution in [1.29, 1.82) is 0 Å². The Morgan fingerprint density at radius 2 is 1.93 bits per heavy atom. The first-order valence-corrected chi connectivity index (χ1v) is 9.43. The zero-order chi connectivity index (χ0) is 21.7. The van der Waals surface area contributed by atoms with Crippen molar-refractivity contribution >= 4 is 22.8 Å². The molecule has 30 heavy (non-hydrogen) atoms. The molecule has 3 rings (SSSR count). The number of rotatable bonds is 6. The van der Waals surface area contributed by atoms with Crippen LogP contribution in [0.4, 0.5) is 15.0 Å². The summed E-state index contributed by atoms with van der Waals surface area (Å²) in [5.74, 6) is 0.244. The van der Waals surface area contributed by atoms with Gasteiger partial charge in [0.05, 0.1) is 12.3 Å². The standard InChI is InChI=1S/C22H24FN3O4/c1-22(2,3)30-21(27)26-19-12-14(7-8-24-19)18-6-5-15-11-16(29-10-9-28-4)13-17(23)20(15)25-18/h5-8,11-13H,9-10H2,1-4H3,(H,24,26,27). The quantitative estimate of drug-likeness (QED) is 0.584. The Hall–Kier alpha value is -3.26. The summed E-state index contributed by atoms with van der Waals surface area (Å²) >= 11 is 0. The lowest BCUT2D eigenvalue weighted by Gasteiger charge is -2.19. The van der Waals surface area contributed by atoms with Crippen LogP contribution in [-0.2, 0) is 9.47 Å². The number of fused-ring (bicyclic) bond motifs is 1. The highest BCUT2D eigenvalue weighted by Crippen LogP contribution is 2.27. The van der Waals surface area contributed by atoms with E-state index in [4.69, 9.17) is 14.2 Å². The summed E-state index contributed by atoms with van der Waals surface area (Å²) in [4.78, 5) is 20.5. The number of aromatic nitrogens is 2. The topological polar surface area (TPSA) is 82.6 Å². The van der Waals surface area contributed by atoms with Crippen LogP contribution in [0.1, 0.15) is 20.8 Å². The van der Waals surface area contributed by atoms with Gasteiger partial charge in [-0.1, -0.05) is 6.07 Å². The number of carbonyl (C=O) groups is 1. The van der Waals surface area contributed by atoms with E-state index in [9.17, 15) is 9.18 Å².